The van der Waals surface area contributed by atoms with Gasteiger partial charge in [-0.3, -0.25) is 0 Å². The van der Waals surface area contributed by atoms with Gasteiger partial charge in [-0.25, -0.2) is 12.7 Å². The van der Waals surface area contributed by atoms with Crippen LogP contribution in [0.3, 0.4) is 0 Å². The van der Waals surface area contributed by atoms with Crippen molar-refractivity contribution in [1.29, 1.82) is 0 Å². The predicted molar refractivity (Wildman–Crippen MR) is 82.6 cm³/mol. The van der Waals surface area contributed by atoms with Crippen LogP contribution in [0.15, 0.2) is 29.2 Å². The zero-order chi connectivity index (χ0) is 15.3. The average molecular weight is 312 g/mol. The molecule has 1 atom stereocenters. The number of hydrogen-bond donors (Lipinski definition) is 1. The molecule has 0 aromatic heterocycles. The van der Waals surface area contributed by atoms with Crippen LogP contribution in [0.4, 0.5) is 0 Å². The molecule has 1 saturated heterocycles. The lowest BCUT2D eigenvalue weighted by molar-refractivity contribution is 0.0495. The number of ether oxygens (including phenoxy) is 1. The van der Waals surface area contributed by atoms with Gasteiger partial charge in [0.2, 0.25) is 10.0 Å². The minimum absolute atomic E-state index is 0.287. The van der Waals surface area contributed by atoms with Crippen LogP contribution < -0.4 is 5.32 Å². The van der Waals surface area contributed by atoms with E-state index in [1.807, 2.05) is 19.2 Å². The summed E-state index contributed by atoms with van der Waals surface area (Å²) in [6.07, 6.45) is 2.03. The predicted octanol–water partition coefficient (Wildman–Crippen LogP) is 1.45. The SMILES string of the molecule is CNCc1ccccc1S(=O)(=O)N(C)CC1CCCOC1. The van der Waals surface area contributed by atoms with Gasteiger partial charge in [0.05, 0.1) is 11.5 Å². The van der Waals surface area contributed by atoms with Gasteiger partial charge in [-0.05, 0) is 37.4 Å². The molecular weight excluding hydrogens is 288 g/mol. The molecule has 0 saturated carbocycles. The van der Waals surface area contributed by atoms with E-state index in [0.717, 1.165) is 25.0 Å². The molecule has 118 valence electrons. The van der Waals surface area contributed by atoms with Gasteiger partial charge in [0.1, 0.15) is 0 Å². The molecule has 1 aliphatic heterocycles. The molecule has 1 unspecified atom stereocenters. The molecule has 0 radical (unpaired) electrons. The second kappa shape index (κ2) is 7.35. The van der Waals surface area contributed by atoms with Crippen LogP contribution in [0.1, 0.15) is 18.4 Å². The van der Waals surface area contributed by atoms with Crippen LogP contribution in [-0.4, -0.2) is 46.6 Å². The summed E-state index contributed by atoms with van der Waals surface area (Å²) in [4.78, 5) is 0.388. The zero-order valence-corrected chi connectivity index (χ0v) is 13.5. The fourth-order valence-electron chi connectivity index (χ4n) is 2.67. The maximum atomic E-state index is 12.8. The molecule has 0 bridgehead atoms. The number of benzene rings is 1. The number of hydrogen-bond acceptors (Lipinski definition) is 4. The van der Waals surface area contributed by atoms with E-state index >= 15 is 0 Å². The molecule has 1 N–H and O–H groups in total. The van der Waals surface area contributed by atoms with Crippen molar-refractivity contribution >= 4 is 10.0 Å². The van der Waals surface area contributed by atoms with Crippen molar-refractivity contribution in [2.24, 2.45) is 5.92 Å². The first-order chi connectivity index (χ1) is 10.1. The number of nitrogens with one attached hydrogen (secondary N) is 1. The molecule has 1 aromatic carbocycles. The Bertz CT molecular complexity index is 554. The van der Waals surface area contributed by atoms with E-state index in [-0.39, 0.29) is 5.92 Å². The maximum absolute atomic E-state index is 12.8. The van der Waals surface area contributed by atoms with Crippen molar-refractivity contribution in [2.75, 3.05) is 33.9 Å². The van der Waals surface area contributed by atoms with E-state index in [2.05, 4.69) is 5.32 Å². The molecule has 1 aliphatic rings. The van der Waals surface area contributed by atoms with Gasteiger partial charge in [0, 0.05) is 26.7 Å². The van der Waals surface area contributed by atoms with Gasteiger partial charge >= 0.3 is 0 Å². The molecule has 0 aliphatic carbocycles. The summed E-state index contributed by atoms with van der Waals surface area (Å²) in [6, 6.07) is 7.15. The fraction of sp³-hybridized carbons (Fsp3) is 0.600. The Balaban J connectivity index is 2.16. The molecule has 21 heavy (non-hydrogen) atoms. The smallest absolute Gasteiger partial charge is 0.243 e. The van der Waals surface area contributed by atoms with Crippen LogP contribution in [0.25, 0.3) is 0 Å². The van der Waals surface area contributed by atoms with Gasteiger partial charge in [0.25, 0.3) is 0 Å². The molecule has 5 nitrogen and oxygen atoms in total. The summed E-state index contributed by atoms with van der Waals surface area (Å²) >= 11 is 0. The lowest BCUT2D eigenvalue weighted by atomic mass is 10.0. The molecule has 0 amide bonds. The van der Waals surface area contributed by atoms with Gasteiger partial charge in [-0.2, -0.15) is 0 Å². The van der Waals surface area contributed by atoms with Crippen molar-refractivity contribution in [3.05, 3.63) is 29.8 Å². The van der Waals surface area contributed by atoms with E-state index in [1.165, 1.54) is 4.31 Å². The van der Waals surface area contributed by atoms with Gasteiger partial charge in [-0.15, -0.1) is 0 Å². The van der Waals surface area contributed by atoms with Gasteiger partial charge in [0.15, 0.2) is 0 Å². The maximum Gasteiger partial charge on any atom is 0.243 e. The quantitative estimate of drug-likeness (QED) is 0.864. The van der Waals surface area contributed by atoms with Crippen LogP contribution in [0.5, 0.6) is 0 Å². The summed E-state index contributed by atoms with van der Waals surface area (Å²) in [5.41, 5.74) is 0.798. The highest BCUT2D eigenvalue weighted by atomic mass is 32.2. The summed E-state index contributed by atoms with van der Waals surface area (Å²) < 4.78 is 32.4. The Hall–Kier alpha value is -0.950. The van der Waals surface area contributed by atoms with Crippen LogP contribution in [-0.2, 0) is 21.3 Å². The molecule has 1 heterocycles. The normalized spacial score (nSPS) is 19.9. The highest BCUT2D eigenvalue weighted by molar-refractivity contribution is 7.89. The second-order valence-corrected chi connectivity index (χ2v) is 7.52. The fourth-order valence-corrected chi connectivity index (χ4v) is 4.14. The van der Waals surface area contributed by atoms with E-state index in [9.17, 15) is 8.42 Å². The highest BCUT2D eigenvalue weighted by Crippen LogP contribution is 2.22. The largest absolute Gasteiger partial charge is 0.381 e. The molecule has 1 fully saturated rings. The number of rotatable bonds is 6. The van der Waals surface area contributed by atoms with Crippen molar-refractivity contribution in [1.82, 2.24) is 9.62 Å². The number of sulfonamides is 1. The van der Waals surface area contributed by atoms with E-state index in [4.69, 9.17) is 4.74 Å². The Morgan fingerprint density at radius 2 is 2.14 bits per heavy atom. The summed E-state index contributed by atoms with van der Waals surface area (Å²) in [5.74, 6) is 0.287. The first kappa shape index (κ1) is 16.4. The second-order valence-electron chi connectivity index (χ2n) is 5.51. The van der Waals surface area contributed by atoms with Gasteiger partial charge in [-0.1, -0.05) is 18.2 Å². The molecular formula is C15H24N2O3S. The van der Waals surface area contributed by atoms with Crippen molar-refractivity contribution in [3.63, 3.8) is 0 Å². The lowest BCUT2D eigenvalue weighted by Gasteiger charge is -2.27. The van der Waals surface area contributed by atoms with Crippen molar-refractivity contribution in [3.8, 4) is 0 Å². The van der Waals surface area contributed by atoms with Crippen LogP contribution >= 0.6 is 0 Å². The zero-order valence-electron chi connectivity index (χ0n) is 12.7. The molecule has 0 spiro atoms. The summed E-state index contributed by atoms with van der Waals surface area (Å²) in [6.45, 7) is 2.49. The minimum Gasteiger partial charge on any atom is -0.381 e. The summed E-state index contributed by atoms with van der Waals surface area (Å²) in [7, 11) is 0.0114. The summed E-state index contributed by atoms with van der Waals surface area (Å²) in [5, 5.41) is 3.01. The first-order valence-corrected chi connectivity index (χ1v) is 8.76. The van der Waals surface area contributed by atoms with Crippen molar-refractivity contribution < 1.29 is 13.2 Å². The Morgan fingerprint density at radius 3 is 2.81 bits per heavy atom. The van der Waals surface area contributed by atoms with Gasteiger partial charge < -0.3 is 10.1 Å². The highest BCUT2D eigenvalue weighted by Gasteiger charge is 2.26. The molecule has 2 rings (SSSR count). The van der Waals surface area contributed by atoms with Crippen LogP contribution in [0, 0.1) is 5.92 Å². The monoisotopic (exact) mass is 312 g/mol. The van der Waals surface area contributed by atoms with E-state index in [1.54, 1.807) is 19.2 Å². The lowest BCUT2D eigenvalue weighted by Crippen LogP contribution is -2.35. The standard InChI is InChI=1S/C15H24N2O3S/c1-16-10-14-7-3-4-8-15(14)21(18,19)17(2)11-13-6-5-9-20-12-13/h3-4,7-8,13,16H,5-6,9-12H2,1-2H3. The third-order valence-electron chi connectivity index (χ3n) is 3.80. The average Bonchev–Trinajstić information content (AvgIpc) is 2.49. The number of nitrogens with zero attached hydrogens (tertiary/aromatic N) is 1. The molecule has 6 heteroatoms. The Labute approximate surface area is 127 Å². The van der Waals surface area contributed by atoms with Crippen LogP contribution in [0.2, 0.25) is 0 Å². The van der Waals surface area contributed by atoms with Crippen molar-refractivity contribution in [2.45, 2.75) is 24.3 Å². The molecule has 1 aromatic rings. The van der Waals surface area contributed by atoms with E-state index < -0.39 is 10.0 Å². The topological polar surface area (TPSA) is 58.6 Å². The van der Waals surface area contributed by atoms with E-state index in [0.29, 0.717) is 24.6 Å². The third-order valence-corrected chi connectivity index (χ3v) is 5.72. The first-order valence-electron chi connectivity index (χ1n) is 7.32. The minimum atomic E-state index is -3.45. The third kappa shape index (κ3) is 4.03. The Kier molecular flexibility index (Phi) is 5.75. The Morgan fingerprint density at radius 1 is 1.38 bits per heavy atom.